The largest absolute Gasteiger partial charge is 0.417 e. The first kappa shape index (κ1) is 16.7. The first-order valence-electron chi connectivity index (χ1n) is 9.50. The van der Waals surface area contributed by atoms with Crippen LogP contribution in [0.2, 0.25) is 5.15 Å². The molecule has 9 nitrogen and oxygen atoms in total. The smallest absolute Gasteiger partial charge is 0.312 e. The Hall–Kier alpha value is -3.20. The molecule has 0 saturated heterocycles. The standard InChI is InChI=1S/C19H16ClN7O2/c20-14-3-1-2-11-8-13(25-27(11)14)16-15-12(21-9-22-15)6-7-26(16)19(28)18-24-23-17(29-18)10-4-5-10/h1-3,8-10,16H,4-7H2,(H,21,22)/t16-/m0/s1. The Morgan fingerprint density at radius 1 is 1.28 bits per heavy atom. The summed E-state index contributed by atoms with van der Waals surface area (Å²) in [6.45, 7) is 0.488. The van der Waals surface area contributed by atoms with Crippen LogP contribution >= 0.6 is 11.6 Å². The maximum absolute atomic E-state index is 13.3. The van der Waals surface area contributed by atoms with Crippen molar-refractivity contribution in [2.45, 2.75) is 31.2 Å². The number of pyridine rings is 1. The molecule has 0 unspecified atom stereocenters. The van der Waals surface area contributed by atoms with Gasteiger partial charge in [0.1, 0.15) is 11.2 Å². The molecule has 1 saturated carbocycles. The van der Waals surface area contributed by atoms with E-state index in [0.717, 1.165) is 29.7 Å². The van der Waals surface area contributed by atoms with Crippen molar-refractivity contribution >= 4 is 23.0 Å². The average Bonchev–Trinajstić information content (AvgIpc) is 3.13. The van der Waals surface area contributed by atoms with E-state index >= 15 is 0 Å². The molecule has 2 aliphatic rings. The van der Waals surface area contributed by atoms with Gasteiger partial charge < -0.3 is 14.3 Å². The number of carbonyl (C=O) groups excluding carboxylic acids is 1. The second kappa shape index (κ2) is 6.15. The summed E-state index contributed by atoms with van der Waals surface area (Å²) in [5.74, 6) is 0.533. The van der Waals surface area contributed by atoms with E-state index in [4.69, 9.17) is 16.0 Å². The second-order valence-electron chi connectivity index (χ2n) is 7.39. The number of aromatic amines is 1. The Morgan fingerprint density at radius 3 is 3.00 bits per heavy atom. The van der Waals surface area contributed by atoms with Crippen molar-refractivity contribution < 1.29 is 9.21 Å². The Balaban J connectivity index is 1.44. The molecule has 6 rings (SSSR count). The van der Waals surface area contributed by atoms with Gasteiger partial charge >= 0.3 is 11.8 Å². The molecule has 1 aliphatic heterocycles. The number of hydrogen-bond acceptors (Lipinski definition) is 6. The molecule has 1 N–H and O–H groups in total. The zero-order chi connectivity index (χ0) is 19.5. The summed E-state index contributed by atoms with van der Waals surface area (Å²) in [6.07, 6.45) is 4.36. The molecular formula is C19H16ClN7O2. The molecule has 29 heavy (non-hydrogen) atoms. The number of H-pyrrole nitrogens is 1. The number of imidazole rings is 1. The molecule has 0 aromatic carbocycles. The highest BCUT2D eigenvalue weighted by molar-refractivity contribution is 6.29. The molecule has 1 atom stereocenters. The van der Waals surface area contributed by atoms with Crippen molar-refractivity contribution in [1.29, 1.82) is 0 Å². The van der Waals surface area contributed by atoms with Gasteiger partial charge in [0.2, 0.25) is 5.89 Å². The summed E-state index contributed by atoms with van der Waals surface area (Å²) in [5, 5.41) is 13.2. The number of nitrogens with zero attached hydrogens (tertiary/aromatic N) is 6. The quantitative estimate of drug-likeness (QED) is 0.521. The highest BCUT2D eigenvalue weighted by atomic mass is 35.5. The molecule has 1 aliphatic carbocycles. The number of halogens is 1. The van der Waals surface area contributed by atoms with Gasteiger partial charge in [-0.3, -0.25) is 4.79 Å². The van der Waals surface area contributed by atoms with E-state index in [-0.39, 0.29) is 11.8 Å². The Kier molecular flexibility index (Phi) is 3.55. The Bertz CT molecular complexity index is 1240. The van der Waals surface area contributed by atoms with Gasteiger partial charge in [0, 0.05) is 24.6 Å². The van der Waals surface area contributed by atoms with Crippen molar-refractivity contribution in [3.63, 3.8) is 0 Å². The third-order valence-electron chi connectivity index (χ3n) is 5.48. The lowest BCUT2D eigenvalue weighted by Crippen LogP contribution is -2.41. The van der Waals surface area contributed by atoms with Gasteiger partial charge in [0.05, 0.1) is 23.2 Å². The summed E-state index contributed by atoms with van der Waals surface area (Å²) in [4.78, 5) is 22.6. The molecular weight excluding hydrogens is 394 g/mol. The van der Waals surface area contributed by atoms with Gasteiger partial charge in [-0.1, -0.05) is 17.7 Å². The summed E-state index contributed by atoms with van der Waals surface area (Å²) >= 11 is 6.29. The monoisotopic (exact) mass is 409 g/mol. The zero-order valence-electron chi connectivity index (χ0n) is 15.2. The van der Waals surface area contributed by atoms with Crippen LogP contribution < -0.4 is 0 Å². The maximum atomic E-state index is 13.3. The molecule has 5 heterocycles. The van der Waals surface area contributed by atoms with Crippen LogP contribution in [0.5, 0.6) is 0 Å². The van der Waals surface area contributed by atoms with Crippen molar-refractivity contribution in [3.8, 4) is 0 Å². The van der Waals surface area contributed by atoms with Crippen LogP contribution in [0.25, 0.3) is 5.52 Å². The van der Waals surface area contributed by atoms with E-state index in [9.17, 15) is 4.79 Å². The van der Waals surface area contributed by atoms with Gasteiger partial charge in [-0.05, 0) is 31.0 Å². The van der Waals surface area contributed by atoms with Crippen molar-refractivity contribution in [1.82, 2.24) is 34.7 Å². The lowest BCUT2D eigenvalue weighted by Gasteiger charge is -2.32. The SMILES string of the molecule is O=C(c1nnc(C2CC2)o1)N1CCc2[nH]cnc2[C@@H]1c1cc2cccc(Cl)n2n1. The van der Waals surface area contributed by atoms with Crippen molar-refractivity contribution in [2.75, 3.05) is 6.54 Å². The fraction of sp³-hybridized carbons (Fsp3) is 0.316. The van der Waals surface area contributed by atoms with E-state index in [1.165, 1.54) is 0 Å². The normalized spacial score (nSPS) is 18.9. The lowest BCUT2D eigenvalue weighted by atomic mass is 9.99. The minimum atomic E-state index is -0.468. The number of aromatic nitrogens is 6. The van der Waals surface area contributed by atoms with Crippen LogP contribution in [0.4, 0.5) is 0 Å². The number of hydrogen-bond donors (Lipinski definition) is 1. The molecule has 0 spiro atoms. The molecule has 0 bridgehead atoms. The van der Waals surface area contributed by atoms with Gasteiger partial charge in [0.15, 0.2) is 0 Å². The number of nitrogens with one attached hydrogen (secondary N) is 1. The highest BCUT2D eigenvalue weighted by Gasteiger charge is 2.39. The van der Waals surface area contributed by atoms with Gasteiger partial charge in [-0.25, -0.2) is 9.50 Å². The lowest BCUT2D eigenvalue weighted by molar-refractivity contribution is 0.0644. The maximum Gasteiger partial charge on any atom is 0.312 e. The topological polar surface area (TPSA) is 105 Å². The fourth-order valence-corrected chi connectivity index (χ4v) is 4.08. The molecule has 1 amide bonds. The number of carbonyl (C=O) groups is 1. The van der Waals surface area contributed by atoms with Crippen LogP contribution in [0, 0.1) is 0 Å². The van der Waals surface area contributed by atoms with E-state index in [0.29, 0.717) is 35.6 Å². The predicted octanol–water partition coefficient (Wildman–Crippen LogP) is 2.76. The van der Waals surface area contributed by atoms with Crippen LogP contribution in [0.15, 0.2) is 35.0 Å². The minimum Gasteiger partial charge on any atom is -0.417 e. The molecule has 4 aromatic rings. The van der Waals surface area contributed by atoms with Crippen LogP contribution in [-0.4, -0.2) is 47.1 Å². The van der Waals surface area contributed by atoms with Crippen molar-refractivity contribution in [3.05, 3.63) is 64.6 Å². The van der Waals surface area contributed by atoms with Crippen molar-refractivity contribution in [2.24, 2.45) is 0 Å². The van der Waals surface area contributed by atoms with Gasteiger partial charge in [-0.15, -0.1) is 10.2 Å². The first-order chi connectivity index (χ1) is 14.2. The summed E-state index contributed by atoms with van der Waals surface area (Å²) in [6, 6.07) is 7.01. The second-order valence-corrected chi connectivity index (χ2v) is 7.78. The molecule has 4 aromatic heterocycles. The Morgan fingerprint density at radius 2 is 2.17 bits per heavy atom. The molecule has 10 heteroatoms. The summed E-state index contributed by atoms with van der Waals surface area (Å²) in [7, 11) is 0. The van der Waals surface area contributed by atoms with Crippen LogP contribution in [0.1, 0.15) is 58.5 Å². The molecule has 146 valence electrons. The summed E-state index contributed by atoms with van der Waals surface area (Å²) in [5.41, 5.74) is 3.29. The third-order valence-corrected chi connectivity index (χ3v) is 5.76. The third kappa shape index (κ3) is 2.65. The van der Waals surface area contributed by atoms with E-state index in [2.05, 4.69) is 25.3 Å². The number of fused-ring (bicyclic) bond motifs is 2. The average molecular weight is 410 g/mol. The van der Waals surface area contributed by atoms with Gasteiger partial charge in [0.25, 0.3) is 0 Å². The zero-order valence-corrected chi connectivity index (χ0v) is 16.0. The summed E-state index contributed by atoms with van der Waals surface area (Å²) < 4.78 is 7.32. The highest BCUT2D eigenvalue weighted by Crippen LogP contribution is 2.39. The van der Waals surface area contributed by atoms with Crippen LogP contribution in [0.3, 0.4) is 0 Å². The van der Waals surface area contributed by atoms with Crippen LogP contribution in [-0.2, 0) is 6.42 Å². The minimum absolute atomic E-state index is 0.0117. The Labute approximate surface area is 169 Å². The number of amides is 1. The van der Waals surface area contributed by atoms with Gasteiger partial charge in [-0.2, -0.15) is 5.10 Å². The van der Waals surface area contributed by atoms with E-state index in [1.807, 2.05) is 18.2 Å². The predicted molar refractivity (Wildman–Crippen MR) is 102 cm³/mol. The fourth-order valence-electron chi connectivity index (χ4n) is 3.87. The first-order valence-corrected chi connectivity index (χ1v) is 9.87. The number of rotatable bonds is 3. The van der Waals surface area contributed by atoms with E-state index < -0.39 is 6.04 Å². The molecule has 0 radical (unpaired) electrons. The molecule has 1 fully saturated rings. The van der Waals surface area contributed by atoms with E-state index in [1.54, 1.807) is 21.8 Å².